The largest absolute Gasteiger partial charge is 0.462 e. The van der Waals surface area contributed by atoms with Crippen LogP contribution in [0.4, 0.5) is 0 Å². The van der Waals surface area contributed by atoms with Crippen LogP contribution in [0.25, 0.3) is 0 Å². The van der Waals surface area contributed by atoms with Gasteiger partial charge in [0.2, 0.25) is 0 Å². The number of esters is 2. The lowest BCUT2D eigenvalue weighted by Crippen LogP contribution is -2.59. The summed E-state index contributed by atoms with van der Waals surface area (Å²) in [5, 5.41) is 40.0. The van der Waals surface area contributed by atoms with Crippen molar-refractivity contribution in [2.75, 3.05) is 19.8 Å². The van der Waals surface area contributed by atoms with Crippen molar-refractivity contribution in [2.45, 2.75) is 192 Å². The first kappa shape index (κ1) is 53.9. The molecule has 1 rings (SSSR count). The van der Waals surface area contributed by atoms with Crippen molar-refractivity contribution in [1.29, 1.82) is 0 Å². The fraction of sp³-hybridized carbons (Fsp3) is 0.673. The molecule has 1 aliphatic rings. The number of aliphatic hydroxyl groups is 4. The van der Waals surface area contributed by atoms with E-state index in [1.807, 2.05) is 54.7 Å². The lowest BCUT2D eigenvalue weighted by Gasteiger charge is -2.39. The Balaban J connectivity index is 2.31. The van der Waals surface area contributed by atoms with Crippen molar-refractivity contribution >= 4 is 11.9 Å². The lowest BCUT2D eigenvalue weighted by atomic mass is 9.99. The molecule has 0 aromatic carbocycles. The van der Waals surface area contributed by atoms with Crippen molar-refractivity contribution in [3.8, 4) is 0 Å². The average Bonchev–Trinajstić information content (AvgIpc) is 3.23. The minimum absolute atomic E-state index is 0.130. The lowest BCUT2D eigenvalue weighted by molar-refractivity contribution is -0.305. The first-order valence-corrected chi connectivity index (χ1v) is 22.7. The van der Waals surface area contributed by atoms with Gasteiger partial charge in [-0.15, -0.1) is 0 Å². The van der Waals surface area contributed by atoms with Crippen molar-refractivity contribution in [1.82, 2.24) is 0 Å². The fourth-order valence-corrected chi connectivity index (χ4v) is 6.37. The van der Waals surface area contributed by atoms with Crippen molar-refractivity contribution < 1.29 is 49.0 Å². The number of hydrogen-bond donors (Lipinski definition) is 4. The highest BCUT2D eigenvalue weighted by molar-refractivity contribution is 5.70. The van der Waals surface area contributed by atoms with E-state index < -0.39 is 55.4 Å². The van der Waals surface area contributed by atoms with Crippen LogP contribution in [0.2, 0.25) is 0 Å². The highest BCUT2D eigenvalue weighted by Gasteiger charge is 2.44. The van der Waals surface area contributed by atoms with E-state index in [2.05, 4.69) is 44.2 Å². The molecule has 0 aromatic heterocycles. The second-order valence-electron chi connectivity index (χ2n) is 15.2. The molecule has 1 fully saturated rings. The topological polar surface area (TPSA) is 152 Å². The van der Waals surface area contributed by atoms with Gasteiger partial charge in [-0.05, 0) is 51.4 Å². The highest BCUT2D eigenvalue weighted by atomic mass is 16.7. The van der Waals surface area contributed by atoms with Crippen LogP contribution in [-0.4, -0.2) is 89.0 Å². The predicted octanol–water partition coefficient (Wildman–Crippen LogP) is 9.77. The standard InChI is InChI=1S/C49H80O10/c1-3-5-7-9-11-13-15-17-18-19-20-21-22-23-24-26-27-29-31-33-35-37-44(51)56-40-42(41-57-49-48(55)47(54)46(53)43(39-50)59-49)58-45(52)38-36-34-32-30-28-25-16-14-12-10-8-6-4-2/h5-8,10-14,16,25,28,30,32,42-43,46-50,53-55H,3-4,9,15,17-24,26-27,29,31,33-41H2,1-2H3/b7-5+,8-6+,12-10+,13-11+,16-14+,28-25+,32-30+/t42?,43-,46+,47?,48?,49-/m0/s1. The summed E-state index contributed by atoms with van der Waals surface area (Å²) in [6.07, 6.45) is 43.2. The molecule has 0 amide bonds. The molecule has 6 atom stereocenters. The number of hydrogen-bond acceptors (Lipinski definition) is 10. The fourth-order valence-electron chi connectivity index (χ4n) is 6.37. The Kier molecular flexibility index (Phi) is 35.7. The third kappa shape index (κ3) is 30.5. The average molecular weight is 829 g/mol. The van der Waals surface area contributed by atoms with Gasteiger partial charge in [0.1, 0.15) is 31.0 Å². The van der Waals surface area contributed by atoms with Crippen LogP contribution < -0.4 is 0 Å². The molecule has 4 N–H and O–H groups in total. The Bertz CT molecular complexity index is 1230. The van der Waals surface area contributed by atoms with E-state index in [1.54, 1.807) is 0 Å². The number of unbranched alkanes of at least 4 members (excludes halogenated alkanes) is 15. The molecule has 59 heavy (non-hydrogen) atoms. The SMILES string of the molecule is CC/C=C/C=C/C=C/C=C/C=C/CCCC(=O)OC(COC(=O)CCCCCCCCCCCCCCCC/C=C/C/C=C/CC)CO[C@H]1O[C@@H](CO)[C@@H](O)C(O)C1O. The van der Waals surface area contributed by atoms with E-state index in [1.165, 1.54) is 70.6 Å². The Morgan fingerprint density at radius 1 is 0.542 bits per heavy atom. The molecule has 10 heteroatoms. The molecule has 0 bridgehead atoms. The molecule has 1 heterocycles. The van der Waals surface area contributed by atoms with Crippen LogP contribution in [0, 0.1) is 0 Å². The van der Waals surface area contributed by atoms with Gasteiger partial charge < -0.3 is 39.4 Å². The smallest absolute Gasteiger partial charge is 0.306 e. The molecule has 0 aromatic rings. The molecular weight excluding hydrogens is 749 g/mol. The normalized spacial score (nSPS) is 20.8. The maximum Gasteiger partial charge on any atom is 0.306 e. The van der Waals surface area contributed by atoms with E-state index in [-0.39, 0.29) is 26.1 Å². The Labute approximate surface area is 356 Å². The maximum atomic E-state index is 12.7. The number of ether oxygens (including phenoxy) is 4. The van der Waals surface area contributed by atoms with Gasteiger partial charge in [0.05, 0.1) is 13.2 Å². The van der Waals surface area contributed by atoms with Gasteiger partial charge in [0.15, 0.2) is 12.4 Å². The molecule has 0 radical (unpaired) electrons. The minimum Gasteiger partial charge on any atom is -0.462 e. The highest BCUT2D eigenvalue weighted by Crippen LogP contribution is 2.22. The van der Waals surface area contributed by atoms with Crippen LogP contribution in [-0.2, 0) is 28.5 Å². The van der Waals surface area contributed by atoms with Gasteiger partial charge in [-0.1, -0.05) is 176 Å². The van der Waals surface area contributed by atoms with E-state index >= 15 is 0 Å². The van der Waals surface area contributed by atoms with Crippen LogP contribution in [0.15, 0.2) is 85.1 Å². The number of rotatable bonds is 36. The molecule has 10 nitrogen and oxygen atoms in total. The minimum atomic E-state index is -1.61. The molecule has 1 saturated heterocycles. The first-order valence-electron chi connectivity index (χ1n) is 22.7. The Morgan fingerprint density at radius 3 is 1.64 bits per heavy atom. The van der Waals surface area contributed by atoms with Gasteiger partial charge >= 0.3 is 11.9 Å². The van der Waals surface area contributed by atoms with Gasteiger partial charge in [0.25, 0.3) is 0 Å². The summed E-state index contributed by atoms with van der Waals surface area (Å²) in [7, 11) is 0. The molecule has 336 valence electrons. The molecule has 0 saturated carbocycles. The zero-order valence-corrected chi connectivity index (χ0v) is 36.5. The van der Waals surface area contributed by atoms with E-state index in [0.29, 0.717) is 19.3 Å². The second-order valence-corrected chi connectivity index (χ2v) is 15.2. The summed E-state index contributed by atoms with van der Waals surface area (Å²) in [5.74, 6) is -0.899. The summed E-state index contributed by atoms with van der Waals surface area (Å²) in [6, 6.07) is 0. The van der Waals surface area contributed by atoms with Crippen LogP contribution >= 0.6 is 0 Å². The Hall–Kier alpha value is -3.12. The van der Waals surface area contributed by atoms with Gasteiger partial charge in [0, 0.05) is 12.8 Å². The number of aliphatic hydroxyl groups excluding tert-OH is 4. The van der Waals surface area contributed by atoms with E-state index in [0.717, 1.165) is 38.5 Å². The molecule has 3 unspecified atom stereocenters. The number of carbonyl (C=O) groups excluding carboxylic acids is 2. The van der Waals surface area contributed by atoms with Crippen LogP contribution in [0.1, 0.15) is 155 Å². The summed E-state index contributed by atoms with van der Waals surface area (Å²) in [5.41, 5.74) is 0. The summed E-state index contributed by atoms with van der Waals surface area (Å²) >= 11 is 0. The monoisotopic (exact) mass is 829 g/mol. The van der Waals surface area contributed by atoms with Crippen LogP contribution in [0.5, 0.6) is 0 Å². The number of allylic oxidation sites excluding steroid dienone is 14. The molecule has 1 aliphatic heterocycles. The second kappa shape index (κ2) is 39.0. The summed E-state index contributed by atoms with van der Waals surface area (Å²) in [4.78, 5) is 25.3. The quantitative estimate of drug-likeness (QED) is 0.0208. The van der Waals surface area contributed by atoms with E-state index in [4.69, 9.17) is 18.9 Å². The Morgan fingerprint density at radius 2 is 1.05 bits per heavy atom. The van der Waals surface area contributed by atoms with Crippen molar-refractivity contribution in [3.63, 3.8) is 0 Å². The maximum absolute atomic E-state index is 12.7. The summed E-state index contributed by atoms with van der Waals surface area (Å²) in [6.45, 7) is 3.09. The van der Waals surface area contributed by atoms with Gasteiger partial charge in [-0.3, -0.25) is 9.59 Å². The van der Waals surface area contributed by atoms with Gasteiger partial charge in [-0.25, -0.2) is 0 Å². The summed E-state index contributed by atoms with van der Waals surface area (Å²) < 4.78 is 22.1. The van der Waals surface area contributed by atoms with Gasteiger partial charge in [-0.2, -0.15) is 0 Å². The predicted molar refractivity (Wildman–Crippen MR) is 237 cm³/mol. The van der Waals surface area contributed by atoms with Crippen molar-refractivity contribution in [3.05, 3.63) is 85.1 Å². The zero-order valence-electron chi connectivity index (χ0n) is 36.5. The molecule has 0 aliphatic carbocycles. The third-order valence-corrected chi connectivity index (χ3v) is 9.90. The molecule has 0 spiro atoms. The first-order chi connectivity index (χ1) is 28.8. The third-order valence-electron chi connectivity index (χ3n) is 9.90. The van der Waals surface area contributed by atoms with E-state index in [9.17, 15) is 30.0 Å². The number of carbonyl (C=O) groups is 2. The zero-order chi connectivity index (χ0) is 43.0. The van der Waals surface area contributed by atoms with Crippen molar-refractivity contribution in [2.24, 2.45) is 0 Å². The molecular formula is C49H80O10. The van der Waals surface area contributed by atoms with Crippen LogP contribution in [0.3, 0.4) is 0 Å².